The summed E-state index contributed by atoms with van der Waals surface area (Å²) in [5.74, 6) is 0.0837. The highest BCUT2D eigenvalue weighted by Crippen LogP contribution is 2.27. The molecule has 0 spiro atoms. The van der Waals surface area contributed by atoms with E-state index < -0.39 is 0 Å². The maximum atomic E-state index is 11.4. The standard InChI is InChI=1S/C11H17NO2/c1-7(2)10-6-8(12)4-5-9(10)11(13)14-3/h6-7H,4-5,12H2,1-3H3. The Labute approximate surface area is 84.6 Å². The summed E-state index contributed by atoms with van der Waals surface area (Å²) in [6, 6.07) is 0. The Morgan fingerprint density at radius 2 is 2.14 bits per heavy atom. The second-order valence-electron chi connectivity index (χ2n) is 3.80. The van der Waals surface area contributed by atoms with Crippen LogP contribution >= 0.6 is 0 Å². The van der Waals surface area contributed by atoms with E-state index in [2.05, 4.69) is 0 Å². The number of methoxy groups -OCH3 is 1. The Kier molecular flexibility index (Phi) is 3.33. The van der Waals surface area contributed by atoms with Gasteiger partial charge in [0.15, 0.2) is 0 Å². The lowest BCUT2D eigenvalue weighted by molar-refractivity contribution is -0.136. The van der Waals surface area contributed by atoms with Crippen molar-refractivity contribution in [1.29, 1.82) is 0 Å². The van der Waals surface area contributed by atoms with E-state index in [0.29, 0.717) is 12.3 Å². The van der Waals surface area contributed by atoms with Crippen LogP contribution in [-0.4, -0.2) is 13.1 Å². The fourth-order valence-electron chi connectivity index (χ4n) is 1.63. The van der Waals surface area contributed by atoms with E-state index >= 15 is 0 Å². The second kappa shape index (κ2) is 4.31. The SMILES string of the molecule is COC(=O)C1=C(C(C)C)C=C(N)CC1. The summed E-state index contributed by atoms with van der Waals surface area (Å²) in [6.45, 7) is 4.10. The lowest BCUT2D eigenvalue weighted by Crippen LogP contribution is -2.15. The number of hydrogen-bond donors (Lipinski definition) is 1. The lowest BCUT2D eigenvalue weighted by Gasteiger charge is -2.19. The van der Waals surface area contributed by atoms with Crippen molar-refractivity contribution in [3.05, 3.63) is 22.9 Å². The number of rotatable bonds is 2. The molecule has 0 aromatic rings. The Balaban J connectivity index is 3.06. The highest BCUT2D eigenvalue weighted by molar-refractivity contribution is 5.90. The normalized spacial score (nSPS) is 17.0. The van der Waals surface area contributed by atoms with Gasteiger partial charge in [-0.05, 0) is 30.4 Å². The average molecular weight is 195 g/mol. The molecule has 0 heterocycles. The number of carbonyl (C=O) groups excluding carboxylic acids is 1. The Morgan fingerprint density at radius 1 is 1.50 bits per heavy atom. The Bertz CT molecular complexity index is 300. The van der Waals surface area contributed by atoms with Gasteiger partial charge in [-0.25, -0.2) is 4.79 Å². The molecule has 3 nitrogen and oxygen atoms in total. The molecule has 0 unspecified atom stereocenters. The number of hydrogen-bond acceptors (Lipinski definition) is 3. The van der Waals surface area contributed by atoms with Gasteiger partial charge in [0, 0.05) is 11.3 Å². The molecule has 1 aliphatic carbocycles. The molecule has 0 saturated carbocycles. The smallest absolute Gasteiger partial charge is 0.334 e. The van der Waals surface area contributed by atoms with Crippen molar-refractivity contribution in [3.8, 4) is 0 Å². The molecule has 3 heteroatoms. The maximum Gasteiger partial charge on any atom is 0.334 e. The van der Waals surface area contributed by atoms with Crippen LogP contribution < -0.4 is 5.73 Å². The van der Waals surface area contributed by atoms with Gasteiger partial charge in [-0.2, -0.15) is 0 Å². The fraction of sp³-hybridized carbons (Fsp3) is 0.545. The van der Waals surface area contributed by atoms with Crippen molar-refractivity contribution in [2.75, 3.05) is 7.11 Å². The van der Waals surface area contributed by atoms with Crippen LogP contribution in [0, 0.1) is 5.92 Å². The molecule has 0 fully saturated rings. The first-order chi connectivity index (χ1) is 6.56. The second-order valence-corrected chi connectivity index (χ2v) is 3.80. The molecular weight excluding hydrogens is 178 g/mol. The molecule has 0 atom stereocenters. The van der Waals surface area contributed by atoms with Gasteiger partial charge >= 0.3 is 5.97 Å². The van der Waals surface area contributed by atoms with Gasteiger partial charge in [-0.1, -0.05) is 13.8 Å². The molecule has 2 N–H and O–H groups in total. The van der Waals surface area contributed by atoms with Crippen molar-refractivity contribution in [1.82, 2.24) is 0 Å². The van der Waals surface area contributed by atoms with Crippen LogP contribution in [0.3, 0.4) is 0 Å². The Hall–Kier alpha value is -1.25. The van der Waals surface area contributed by atoms with Crippen LogP contribution in [0.1, 0.15) is 26.7 Å². The van der Waals surface area contributed by atoms with Crippen molar-refractivity contribution in [2.24, 2.45) is 11.7 Å². The molecule has 0 aromatic carbocycles. The van der Waals surface area contributed by atoms with Crippen LogP contribution in [0.25, 0.3) is 0 Å². The topological polar surface area (TPSA) is 52.3 Å². The predicted octanol–water partition coefficient (Wildman–Crippen LogP) is 1.75. The Morgan fingerprint density at radius 3 is 2.64 bits per heavy atom. The largest absolute Gasteiger partial charge is 0.466 e. The van der Waals surface area contributed by atoms with Gasteiger partial charge < -0.3 is 10.5 Å². The fourth-order valence-corrected chi connectivity index (χ4v) is 1.63. The van der Waals surface area contributed by atoms with Gasteiger partial charge in [0.05, 0.1) is 7.11 Å². The number of esters is 1. The third-order valence-electron chi connectivity index (χ3n) is 2.41. The third kappa shape index (κ3) is 2.16. The average Bonchev–Trinajstić information content (AvgIpc) is 2.16. The first-order valence-electron chi connectivity index (χ1n) is 4.83. The predicted molar refractivity (Wildman–Crippen MR) is 55.4 cm³/mol. The van der Waals surface area contributed by atoms with E-state index in [1.54, 1.807) is 0 Å². The minimum absolute atomic E-state index is 0.225. The summed E-state index contributed by atoms with van der Waals surface area (Å²) in [5.41, 5.74) is 8.38. The van der Waals surface area contributed by atoms with E-state index in [9.17, 15) is 4.79 Å². The monoisotopic (exact) mass is 195 g/mol. The van der Waals surface area contributed by atoms with E-state index in [1.807, 2.05) is 19.9 Å². The van der Waals surface area contributed by atoms with E-state index in [0.717, 1.165) is 23.3 Å². The van der Waals surface area contributed by atoms with Crippen LogP contribution in [0.2, 0.25) is 0 Å². The molecule has 0 aliphatic heterocycles. The minimum atomic E-state index is -0.225. The number of carbonyl (C=O) groups is 1. The first-order valence-corrected chi connectivity index (χ1v) is 4.83. The molecule has 1 rings (SSSR count). The molecule has 0 aromatic heterocycles. The summed E-state index contributed by atoms with van der Waals surface area (Å²) in [7, 11) is 1.41. The van der Waals surface area contributed by atoms with Crippen molar-refractivity contribution < 1.29 is 9.53 Å². The number of ether oxygens (including phenoxy) is 1. The zero-order valence-corrected chi connectivity index (χ0v) is 8.96. The van der Waals surface area contributed by atoms with Crippen LogP contribution in [0.4, 0.5) is 0 Å². The van der Waals surface area contributed by atoms with Crippen molar-refractivity contribution >= 4 is 5.97 Å². The van der Waals surface area contributed by atoms with Crippen molar-refractivity contribution in [2.45, 2.75) is 26.7 Å². The quantitative estimate of drug-likeness (QED) is 0.683. The molecule has 0 bridgehead atoms. The van der Waals surface area contributed by atoms with E-state index in [-0.39, 0.29) is 5.97 Å². The van der Waals surface area contributed by atoms with Crippen LogP contribution in [0.5, 0.6) is 0 Å². The summed E-state index contributed by atoms with van der Waals surface area (Å²) >= 11 is 0. The molecule has 78 valence electrons. The highest BCUT2D eigenvalue weighted by atomic mass is 16.5. The van der Waals surface area contributed by atoms with Crippen LogP contribution in [-0.2, 0) is 9.53 Å². The summed E-state index contributed by atoms with van der Waals surface area (Å²) in [4.78, 5) is 11.4. The molecular formula is C11H17NO2. The number of nitrogens with two attached hydrogens (primary N) is 1. The van der Waals surface area contributed by atoms with Gasteiger partial charge in [-0.15, -0.1) is 0 Å². The van der Waals surface area contributed by atoms with Gasteiger partial charge in [-0.3, -0.25) is 0 Å². The van der Waals surface area contributed by atoms with Gasteiger partial charge in [0.1, 0.15) is 0 Å². The summed E-state index contributed by atoms with van der Waals surface area (Å²) in [5, 5.41) is 0. The van der Waals surface area contributed by atoms with E-state index in [1.165, 1.54) is 7.11 Å². The maximum absolute atomic E-state index is 11.4. The lowest BCUT2D eigenvalue weighted by atomic mass is 9.89. The van der Waals surface area contributed by atoms with Crippen LogP contribution in [0.15, 0.2) is 22.9 Å². The minimum Gasteiger partial charge on any atom is -0.466 e. The highest BCUT2D eigenvalue weighted by Gasteiger charge is 2.20. The summed E-state index contributed by atoms with van der Waals surface area (Å²) < 4.78 is 4.74. The van der Waals surface area contributed by atoms with Gasteiger partial charge in [0.2, 0.25) is 0 Å². The molecule has 0 amide bonds. The molecule has 0 radical (unpaired) electrons. The zero-order valence-electron chi connectivity index (χ0n) is 8.96. The zero-order chi connectivity index (χ0) is 10.7. The molecule has 1 aliphatic rings. The van der Waals surface area contributed by atoms with Crippen molar-refractivity contribution in [3.63, 3.8) is 0 Å². The molecule has 0 saturated heterocycles. The summed E-state index contributed by atoms with van der Waals surface area (Å²) in [6.07, 6.45) is 3.35. The third-order valence-corrected chi connectivity index (χ3v) is 2.41. The van der Waals surface area contributed by atoms with Gasteiger partial charge in [0.25, 0.3) is 0 Å². The van der Waals surface area contributed by atoms with E-state index in [4.69, 9.17) is 10.5 Å². The first kappa shape index (κ1) is 10.8. The number of allylic oxidation sites excluding steroid dienone is 3. The molecule has 14 heavy (non-hydrogen) atoms.